The van der Waals surface area contributed by atoms with Gasteiger partial charge in [0.1, 0.15) is 11.6 Å². The van der Waals surface area contributed by atoms with E-state index in [0.29, 0.717) is 16.9 Å². The van der Waals surface area contributed by atoms with Crippen LogP contribution in [0.3, 0.4) is 0 Å². The van der Waals surface area contributed by atoms with Gasteiger partial charge < -0.3 is 9.21 Å². The maximum atomic E-state index is 13.8. The third-order valence-electron chi connectivity index (χ3n) is 7.48. The van der Waals surface area contributed by atoms with Crippen LogP contribution in [0, 0.1) is 18.6 Å². The number of nitrogens with zero attached hydrogens (tertiary/aromatic N) is 5. The molecule has 45 heavy (non-hydrogen) atoms. The summed E-state index contributed by atoms with van der Waals surface area (Å²) >= 11 is 1.38. The summed E-state index contributed by atoms with van der Waals surface area (Å²) in [6, 6.07) is 19.7. The summed E-state index contributed by atoms with van der Waals surface area (Å²) in [6.45, 7) is 14.7. The molecule has 1 aliphatic carbocycles. The van der Waals surface area contributed by atoms with Gasteiger partial charge in [-0.2, -0.15) is 0 Å². The summed E-state index contributed by atoms with van der Waals surface area (Å²) in [5.74, 6) is -0.520. The highest BCUT2D eigenvalue weighted by Gasteiger charge is 2.30. The van der Waals surface area contributed by atoms with Gasteiger partial charge in [-0.1, -0.05) is 44.4 Å². The van der Waals surface area contributed by atoms with Gasteiger partial charge >= 0.3 is 0 Å². The molecule has 0 radical (unpaired) electrons. The molecular weight excluding hydrogens is 585 g/mol. The highest BCUT2D eigenvalue weighted by molar-refractivity contribution is 8.13. The Labute approximate surface area is 269 Å². The predicted octanol–water partition coefficient (Wildman–Crippen LogP) is 9.72. The van der Waals surface area contributed by atoms with Gasteiger partial charge in [0, 0.05) is 49.9 Å². The quantitative estimate of drug-likeness (QED) is 0.100. The molecule has 5 rings (SSSR count). The van der Waals surface area contributed by atoms with Crippen molar-refractivity contribution in [1.82, 2.24) is 9.88 Å². The molecule has 0 unspecified atom stereocenters. The third-order valence-corrected chi connectivity index (χ3v) is 8.20. The zero-order valence-electron chi connectivity index (χ0n) is 26.5. The Hall–Kier alpha value is -4.56. The van der Waals surface area contributed by atoms with Crippen LogP contribution >= 0.6 is 11.9 Å². The van der Waals surface area contributed by atoms with Crippen LogP contribution < -0.4 is 4.31 Å². The molecule has 5 nitrogen and oxygen atoms in total. The van der Waals surface area contributed by atoms with Gasteiger partial charge in [-0.05, 0) is 97.4 Å². The van der Waals surface area contributed by atoms with E-state index in [4.69, 9.17) is 0 Å². The summed E-state index contributed by atoms with van der Waals surface area (Å²) in [4.78, 5) is 15.5. The van der Waals surface area contributed by atoms with Crippen molar-refractivity contribution in [2.75, 3.05) is 24.9 Å². The van der Waals surface area contributed by atoms with Crippen LogP contribution in [0.5, 0.6) is 0 Å². The Bertz CT molecular complexity index is 1780. The molecule has 0 spiro atoms. The molecule has 0 aliphatic heterocycles. The van der Waals surface area contributed by atoms with Crippen molar-refractivity contribution in [3.8, 4) is 0 Å². The second-order valence-electron chi connectivity index (χ2n) is 10.6. The van der Waals surface area contributed by atoms with Gasteiger partial charge in [0.15, 0.2) is 0 Å². The minimum Gasteiger partial charge on any atom is -0.373 e. The molecule has 0 amide bonds. The lowest BCUT2D eigenvalue weighted by Crippen LogP contribution is -2.18. The lowest BCUT2D eigenvalue weighted by Gasteiger charge is -2.20. The fourth-order valence-corrected chi connectivity index (χ4v) is 5.14. The molecule has 0 bridgehead atoms. The van der Waals surface area contributed by atoms with Crippen molar-refractivity contribution >= 4 is 51.6 Å². The lowest BCUT2D eigenvalue weighted by molar-refractivity contribution is 0.448. The first-order valence-corrected chi connectivity index (χ1v) is 15.6. The van der Waals surface area contributed by atoms with E-state index in [9.17, 15) is 8.78 Å². The maximum Gasteiger partial charge on any atom is 0.128 e. The Kier molecular flexibility index (Phi) is 11.4. The first-order valence-electron chi connectivity index (χ1n) is 14.8. The zero-order chi connectivity index (χ0) is 32.5. The van der Waals surface area contributed by atoms with E-state index in [1.165, 1.54) is 41.1 Å². The molecule has 1 saturated carbocycles. The number of anilines is 1. The third kappa shape index (κ3) is 8.76. The average molecular weight is 624 g/mol. The van der Waals surface area contributed by atoms with Crippen molar-refractivity contribution in [3.05, 3.63) is 131 Å². The minimum atomic E-state index is -0.265. The van der Waals surface area contributed by atoms with Crippen LogP contribution in [0.4, 0.5) is 20.2 Å². The maximum absolute atomic E-state index is 13.8. The number of pyridine rings is 1. The lowest BCUT2D eigenvalue weighted by atomic mass is 10.1. The number of likely N-dealkylation sites (N-methyl/N-ethyl adjacent to an activating group) is 1. The number of halogens is 2. The van der Waals surface area contributed by atoms with Gasteiger partial charge in [0.05, 0.1) is 33.9 Å². The van der Waals surface area contributed by atoms with E-state index in [1.54, 1.807) is 30.7 Å². The number of hydrogen-bond acceptors (Lipinski definition) is 6. The Balaban J connectivity index is 0.000000273. The van der Waals surface area contributed by atoms with Crippen LogP contribution in [-0.4, -0.2) is 41.8 Å². The number of aryl methyl sites for hydroxylation is 2. The van der Waals surface area contributed by atoms with Crippen molar-refractivity contribution in [2.45, 2.75) is 33.6 Å². The second kappa shape index (κ2) is 15.4. The molecule has 1 aliphatic rings. The molecule has 4 aromatic rings. The average Bonchev–Trinajstić information content (AvgIpc) is 3.80. The molecule has 232 valence electrons. The second-order valence-corrected chi connectivity index (χ2v) is 11.5. The number of aliphatic imine (C=N–C) groups is 2. The Morgan fingerprint density at radius 1 is 1.02 bits per heavy atom. The van der Waals surface area contributed by atoms with Crippen molar-refractivity contribution in [1.29, 1.82) is 0 Å². The minimum absolute atomic E-state index is 0.254. The van der Waals surface area contributed by atoms with E-state index in [2.05, 4.69) is 65.1 Å². The molecule has 1 fully saturated rings. The monoisotopic (exact) mass is 623 g/mol. The highest BCUT2D eigenvalue weighted by Crippen LogP contribution is 2.36. The van der Waals surface area contributed by atoms with Crippen LogP contribution in [0.1, 0.15) is 37.0 Å². The van der Waals surface area contributed by atoms with Crippen LogP contribution in [-0.2, 0) is 6.42 Å². The van der Waals surface area contributed by atoms with Crippen molar-refractivity contribution < 1.29 is 8.78 Å². The fourth-order valence-electron chi connectivity index (χ4n) is 4.59. The summed E-state index contributed by atoms with van der Waals surface area (Å²) in [5, 5.41) is 1.18. The van der Waals surface area contributed by atoms with Crippen LogP contribution in [0.15, 0.2) is 113 Å². The first kappa shape index (κ1) is 33.3. The van der Waals surface area contributed by atoms with Crippen molar-refractivity contribution in [2.24, 2.45) is 9.98 Å². The summed E-state index contributed by atoms with van der Waals surface area (Å²) in [7, 11) is 3.87. The number of fused-ring (bicyclic) bond motifs is 1. The molecule has 3 aromatic carbocycles. The number of hydrogen-bond donors (Lipinski definition) is 0. The molecular formula is C37H39F2N5S. The van der Waals surface area contributed by atoms with Crippen LogP contribution in [0.2, 0.25) is 0 Å². The highest BCUT2D eigenvalue weighted by atomic mass is 32.2. The number of allylic oxidation sites excluding steroid dienone is 1. The van der Waals surface area contributed by atoms with Gasteiger partial charge in [-0.15, -0.1) is 0 Å². The summed E-state index contributed by atoms with van der Waals surface area (Å²) in [6.07, 6.45) is 5.48. The summed E-state index contributed by atoms with van der Waals surface area (Å²) in [5.41, 5.74) is 10.9. The van der Waals surface area contributed by atoms with Gasteiger partial charge in [-0.25, -0.2) is 13.8 Å². The molecule has 1 aromatic heterocycles. The van der Waals surface area contributed by atoms with E-state index < -0.39 is 0 Å². The molecule has 0 saturated heterocycles. The van der Waals surface area contributed by atoms with Gasteiger partial charge in [-0.3, -0.25) is 9.98 Å². The Morgan fingerprint density at radius 2 is 1.78 bits per heavy atom. The number of aromatic nitrogens is 1. The van der Waals surface area contributed by atoms with E-state index in [0.717, 1.165) is 53.1 Å². The van der Waals surface area contributed by atoms with E-state index in [1.807, 2.05) is 42.8 Å². The van der Waals surface area contributed by atoms with Gasteiger partial charge in [0.25, 0.3) is 0 Å². The molecule has 8 heteroatoms. The first-order chi connectivity index (χ1) is 21.6. The molecule has 1 heterocycles. The number of rotatable bonds is 10. The van der Waals surface area contributed by atoms with E-state index >= 15 is 0 Å². The predicted molar refractivity (Wildman–Crippen MR) is 189 cm³/mol. The zero-order valence-corrected chi connectivity index (χ0v) is 27.3. The fraction of sp³-hybridized carbons (Fsp3) is 0.216. The van der Waals surface area contributed by atoms with Crippen molar-refractivity contribution in [3.63, 3.8) is 0 Å². The molecule has 0 N–H and O–H groups in total. The number of benzene rings is 3. The normalized spacial score (nSPS) is 14.2. The Morgan fingerprint density at radius 3 is 2.44 bits per heavy atom. The standard InChI is InChI=1S/C24H26F2N4S.C13H13N/c1-6-29(4)24(21-14-23(21)28-19-10-7-16(2)22(26)13-19)17(3)27-15-31-30(5)20-11-8-18(25)9-12-20;1-3-10-5-6-12-11(4-2)7-8-14-13(12)9-10/h7-13,15H,3,6,14H2,1-2,4-5H3;4-9H,2-3H2,1H3/b24-21-,27-15?,28-23?;. The van der Waals surface area contributed by atoms with E-state index in [-0.39, 0.29) is 11.6 Å². The SMILES string of the molecule is C=C(N=CSN(C)c1ccc(F)cc1)/C(=C1\CC1=Nc1ccc(C)c(F)c1)N(C)CC.C=Cc1ccnc2cc(CC)ccc12. The van der Waals surface area contributed by atoms with Crippen LogP contribution in [0.25, 0.3) is 17.0 Å². The topological polar surface area (TPSA) is 44.1 Å². The smallest absolute Gasteiger partial charge is 0.128 e. The van der Waals surface area contributed by atoms with Gasteiger partial charge in [0.2, 0.25) is 0 Å². The summed E-state index contributed by atoms with van der Waals surface area (Å²) < 4.78 is 28.8. The largest absolute Gasteiger partial charge is 0.373 e. The molecule has 0 atom stereocenters.